The van der Waals surface area contributed by atoms with Crippen LogP contribution >= 0.6 is 11.3 Å². The molecule has 2 N–H and O–H groups in total. The summed E-state index contributed by atoms with van der Waals surface area (Å²) < 4.78 is 12.2. The molecule has 3 aliphatic heterocycles. The number of rotatable bonds is 9. The maximum absolute atomic E-state index is 14.0. The van der Waals surface area contributed by atoms with E-state index in [1.54, 1.807) is 32.1 Å². The van der Waals surface area contributed by atoms with E-state index in [1.165, 1.54) is 17.1 Å². The first-order valence-electron chi connectivity index (χ1n) is 17.5. The Balaban J connectivity index is 1.43. The summed E-state index contributed by atoms with van der Waals surface area (Å²) in [7, 11) is 0. The molecule has 0 radical (unpaired) electrons. The number of aryl methyl sites for hydroxylation is 1. The number of carbonyl (C=O) groups is 5. The van der Waals surface area contributed by atoms with E-state index in [1.807, 2.05) is 32.2 Å². The summed E-state index contributed by atoms with van der Waals surface area (Å²) >= 11 is 1.56. The van der Waals surface area contributed by atoms with Crippen molar-refractivity contribution < 1.29 is 38.6 Å². The molecule has 3 aliphatic rings. The van der Waals surface area contributed by atoms with Crippen molar-refractivity contribution in [2.24, 2.45) is 17.3 Å². The number of aliphatic hydroxyl groups is 1. The zero-order valence-corrected chi connectivity index (χ0v) is 30.8. The molecular weight excluding hydrogens is 646 g/mol. The first-order chi connectivity index (χ1) is 23.0. The molecule has 4 rings (SSSR count). The quantitative estimate of drug-likeness (QED) is 0.155. The summed E-state index contributed by atoms with van der Waals surface area (Å²) in [5, 5.41) is 17.3. The minimum atomic E-state index is -1.28. The summed E-state index contributed by atoms with van der Waals surface area (Å²) in [4.78, 5) is 69.7. The van der Waals surface area contributed by atoms with Crippen molar-refractivity contribution in [2.75, 3.05) is 6.54 Å². The third kappa shape index (κ3) is 9.94. The van der Waals surface area contributed by atoms with Gasteiger partial charge >= 0.3 is 5.97 Å². The number of amides is 3. The molecule has 4 heterocycles. The van der Waals surface area contributed by atoms with Crippen molar-refractivity contribution in [3.05, 3.63) is 33.8 Å². The van der Waals surface area contributed by atoms with Gasteiger partial charge in [-0.1, -0.05) is 40.5 Å². The van der Waals surface area contributed by atoms with Gasteiger partial charge in [-0.05, 0) is 64.0 Å². The van der Waals surface area contributed by atoms with Crippen LogP contribution in [0.4, 0.5) is 0 Å². The lowest BCUT2D eigenvalue weighted by Gasteiger charge is -2.36. The number of aliphatic hydroxyl groups excluding tert-OH is 1. The average molecular weight is 700 g/mol. The highest BCUT2D eigenvalue weighted by molar-refractivity contribution is 7.09. The predicted octanol–water partition coefficient (Wildman–Crippen LogP) is 5.09. The molecule has 0 bridgehead atoms. The standard InChI is InChI=1S/C37H53N3O8S/c1-22-12-11-16-37(7)29(48-37)19-27(23(2)18-26-21-49-25(4)38-26)39-30(42)20-28(41)36(5,6)35(46)24(3)34(22)47-33(45)13-9-8-10-17-40-31(43)14-15-32(40)44/h14-15,18,21-22,24,27-29,34,41H,8-13,16-17,19-20H2,1-7H3,(H,39,42)/b23-18+/t22-,24+,27?,28-,29-,34-,37+/m0/s1. The number of aromatic nitrogens is 1. The number of ketones is 1. The van der Waals surface area contributed by atoms with Crippen molar-refractivity contribution in [3.63, 3.8) is 0 Å². The molecule has 7 atom stereocenters. The molecule has 0 aromatic carbocycles. The van der Waals surface area contributed by atoms with Crippen molar-refractivity contribution in [3.8, 4) is 0 Å². The van der Waals surface area contributed by atoms with E-state index in [2.05, 4.69) is 17.2 Å². The van der Waals surface area contributed by atoms with Crippen LogP contribution in [-0.4, -0.2) is 81.0 Å². The Morgan fingerprint density at radius 3 is 2.49 bits per heavy atom. The number of carbonyl (C=O) groups excluding carboxylic acids is 5. The lowest BCUT2D eigenvalue weighted by molar-refractivity contribution is -0.160. The first-order valence-corrected chi connectivity index (χ1v) is 18.4. The topological polar surface area (TPSA) is 156 Å². The number of imide groups is 1. The molecule has 1 aromatic heterocycles. The molecule has 0 saturated carbocycles. The second-order valence-corrected chi connectivity index (χ2v) is 15.9. The molecule has 2 fully saturated rings. The van der Waals surface area contributed by atoms with Gasteiger partial charge in [-0.3, -0.25) is 28.9 Å². The van der Waals surface area contributed by atoms with Crippen molar-refractivity contribution >= 4 is 46.9 Å². The summed E-state index contributed by atoms with van der Waals surface area (Å²) in [6, 6.07) is -0.330. The fraction of sp³-hybridized carbons (Fsp3) is 0.676. The van der Waals surface area contributed by atoms with E-state index in [-0.39, 0.29) is 60.0 Å². The fourth-order valence-electron chi connectivity index (χ4n) is 6.97. The van der Waals surface area contributed by atoms with Gasteiger partial charge in [0.2, 0.25) is 5.91 Å². The first kappa shape index (κ1) is 38.6. The van der Waals surface area contributed by atoms with Crippen LogP contribution in [0, 0.1) is 24.2 Å². The minimum Gasteiger partial charge on any atom is -0.461 e. The van der Waals surface area contributed by atoms with Crippen LogP contribution in [-0.2, 0) is 33.4 Å². The number of Topliss-reactive ketones (excluding diaryl/α,β-unsaturated/α-hetero) is 1. The highest BCUT2D eigenvalue weighted by Crippen LogP contribution is 2.44. The highest BCUT2D eigenvalue weighted by Gasteiger charge is 2.52. The summed E-state index contributed by atoms with van der Waals surface area (Å²) in [6.07, 6.45) is 6.88. The van der Waals surface area contributed by atoms with E-state index < -0.39 is 29.5 Å². The van der Waals surface area contributed by atoms with Gasteiger partial charge in [0.05, 0.1) is 52.3 Å². The number of hydrogen-bond donors (Lipinski definition) is 2. The van der Waals surface area contributed by atoms with Crippen LogP contribution in [0.5, 0.6) is 0 Å². The molecule has 1 aromatic rings. The number of nitrogens with one attached hydrogen (secondary N) is 1. The number of hydrogen-bond acceptors (Lipinski definition) is 10. The summed E-state index contributed by atoms with van der Waals surface area (Å²) in [5.41, 5.74) is 0.126. The second-order valence-electron chi connectivity index (χ2n) is 14.8. The van der Waals surface area contributed by atoms with Gasteiger partial charge in [0.15, 0.2) is 0 Å². The van der Waals surface area contributed by atoms with Gasteiger partial charge in [0.1, 0.15) is 11.9 Å². The molecule has 11 nitrogen and oxygen atoms in total. The van der Waals surface area contributed by atoms with Crippen LogP contribution in [0.15, 0.2) is 23.1 Å². The van der Waals surface area contributed by atoms with Gasteiger partial charge in [0.25, 0.3) is 11.8 Å². The number of epoxide rings is 1. The molecule has 49 heavy (non-hydrogen) atoms. The maximum Gasteiger partial charge on any atom is 0.306 e. The lowest BCUT2D eigenvalue weighted by atomic mass is 9.72. The van der Waals surface area contributed by atoms with Gasteiger partial charge < -0.3 is 19.9 Å². The van der Waals surface area contributed by atoms with Crippen LogP contribution < -0.4 is 5.32 Å². The average Bonchev–Trinajstić information content (AvgIpc) is 3.28. The Bertz CT molecular complexity index is 1450. The Hall–Kier alpha value is -3.22. The third-order valence-electron chi connectivity index (χ3n) is 10.5. The van der Waals surface area contributed by atoms with Gasteiger partial charge in [-0.15, -0.1) is 11.3 Å². The molecule has 270 valence electrons. The molecule has 2 saturated heterocycles. The molecule has 1 unspecified atom stereocenters. The Morgan fingerprint density at radius 2 is 1.84 bits per heavy atom. The summed E-state index contributed by atoms with van der Waals surface area (Å²) in [6.45, 7) is 13.3. The van der Waals surface area contributed by atoms with Crippen LogP contribution in [0.3, 0.4) is 0 Å². The van der Waals surface area contributed by atoms with Gasteiger partial charge in [0, 0.05) is 36.9 Å². The summed E-state index contributed by atoms with van der Waals surface area (Å²) in [5.74, 6) is -2.57. The normalized spacial score (nSPS) is 31.4. The van der Waals surface area contributed by atoms with Gasteiger partial charge in [-0.2, -0.15) is 0 Å². The van der Waals surface area contributed by atoms with Crippen LogP contribution in [0.2, 0.25) is 0 Å². The molecular formula is C37H53N3O8S. The number of ether oxygens (including phenoxy) is 2. The number of nitrogens with zero attached hydrogens (tertiary/aromatic N) is 2. The van der Waals surface area contributed by atoms with Crippen molar-refractivity contribution in [1.82, 2.24) is 15.2 Å². The fourth-order valence-corrected chi connectivity index (χ4v) is 7.54. The van der Waals surface area contributed by atoms with Gasteiger partial charge in [-0.25, -0.2) is 4.98 Å². The number of unbranched alkanes of at least 4 members (excludes halogenated alkanes) is 2. The second kappa shape index (κ2) is 16.2. The van der Waals surface area contributed by atoms with E-state index in [4.69, 9.17) is 9.47 Å². The maximum atomic E-state index is 14.0. The Kier molecular flexibility index (Phi) is 12.8. The smallest absolute Gasteiger partial charge is 0.306 e. The molecule has 0 spiro atoms. The number of fused-ring (bicyclic) bond motifs is 1. The lowest BCUT2D eigenvalue weighted by Crippen LogP contribution is -2.48. The number of thiazole rings is 1. The van der Waals surface area contributed by atoms with Crippen LogP contribution in [0.1, 0.15) is 110 Å². The van der Waals surface area contributed by atoms with E-state index in [9.17, 15) is 29.1 Å². The van der Waals surface area contributed by atoms with Crippen LogP contribution in [0.25, 0.3) is 6.08 Å². The highest BCUT2D eigenvalue weighted by atomic mass is 32.1. The van der Waals surface area contributed by atoms with E-state index in [0.29, 0.717) is 38.6 Å². The zero-order valence-electron chi connectivity index (χ0n) is 30.0. The van der Waals surface area contributed by atoms with Crippen molar-refractivity contribution in [2.45, 2.75) is 136 Å². The van der Waals surface area contributed by atoms with E-state index >= 15 is 0 Å². The van der Waals surface area contributed by atoms with Crippen molar-refractivity contribution in [1.29, 1.82) is 0 Å². The van der Waals surface area contributed by atoms with E-state index in [0.717, 1.165) is 29.1 Å². The zero-order chi connectivity index (χ0) is 36.1. The molecule has 0 aliphatic carbocycles. The minimum absolute atomic E-state index is 0.0602. The predicted molar refractivity (Wildman–Crippen MR) is 186 cm³/mol. The molecule has 3 amide bonds. The monoisotopic (exact) mass is 699 g/mol. The SMILES string of the molecule is C/C(=C\c1csc(C)n1)C1C[C@@H]2O[C@]2(C)CCC[C@H](C)[C@H](OC(=O)CCCCCN2C(=O)C=CC2=O)[C@@H](C)C(=O)C(C)(C)[C@@H](O)CC(=O)N1. The largest absolute Gasteiger partial charge is 0.461 e. The Labute approximate surface area is 293 Å². The third-order valence-corrected chi connectivity index (χ3v) is 11.3. The number of esters is 1. The molecule has 12 heteroatoms. The Morgan fingerprint density at radius 1 is 1.14 bits per heavy atom.